The van der Waals surface area contributed by atoms with Crippen molar-refractivity contribution in [3.63, 3.8) is 0 Å². The van der Waals surface area contributed by atoms with Gasteiger partial charge in [0.1, 0.15) is 0 Å². The molecule has 0 saturated heterocycles. The van der Waals surface area contributed by atoms with Crippen LogP contribution in [-0.2, 0) is 0 Å². The molecule has 1 atom stereocenters. The molecular formula is C10H21NO2. The van der Waals surface area contributed by atoms with Crippen LogP contribution in [-0.4, -0.2) is 35.0 Å². The van der Waals surface area contributed by atoms with Crippen molar-refractivity contribution in [2.45, 2.75) is 57.3 Å². The summed E-state index contributed by atoms with van der Waals surface area (Å²) in [7, 11) is 0. The van der Waals surface area contributed by atoms with Gasteiger partial charge in [-0.1, -0.05) is 6.92 Å². The minimum absolute atomic E-state index is 0.0888. The molecule has 1 saturated carbocycles. The lowest BCUT2D eigenvalue weighted by molar-refractivity contribution is 0.109. The zero-order chi connectivity index (χ0) is 9.68. The third-order valence-corrected chi connectivity index (χ3v) is 2.81. The molecule has 0 aromatic heterocycles. The van der Waals surface area contributed by atoms with Crippen molar-refractivity contribution in [1.82, 2.24) is 5.32 Å². The van der Waals surface area contributed by atoms with E-state index in [-0.39, 0.29) is 12.2 Å². The van der Waals surface area contributed by atoms with Crippen molar-refractivity contribution in [2.24, 2.45) is 0 Å². The topological polar surface area (TPSA) is 52.5 Å². The normalized spacial score (nSPS) is 31.6. The van der Waals surface area contributed by atoms with Gasteiger partial charge in [-0.05, 0) is 32.1 Å². The molecule has 1 rings (SSSR count). The van der Waals surface area contributed by atoms with Crippen LogP contribution in [0.5, 0.6) is 0 Å². The molecule has 0 aromatic carbocycles. The number of rotatable bonds is 4. The van der Waals surface area contributed by atoms with Crippen LogP contribution in [0.1, 0.15) is 39.0 Å². The summed E-state index contributed by atoms with van der Waals surface area (Å²) in [6.07, 6.45) is 4.39. The van der Waals surface area contributed by atoms with Gasteiger partial charge in [-0.3, -0.25) is 0 Å². The van der Waals surface area contributed by atoms with Crippen molar-refractivity contribution in [2.75, 3.05) is 6.54 Å². The number of aliphatic hydroxyl groups is 2. The molecule has 1 unspecified atom stereocenters. The highest BCUT2D eigenvalue weighted by Crippen LogP contribution is 2.18. The highest BCUT2D eigenvalue weighted by atomic mass is 16.3. The average molecular weight is 187 g/mol. The van der Waals surface area contributed by atoms with E-state index in [2.05, 4.69) is 5.32 Å². The molecule has 3 N–H and O–H groups in total. The van der Waals surface area contributed by atoms with Gasteiger partial charge in [0.2, 0.25) is 0 Å². The number of nitrogens with one attached hydrogen (secondary N) is 1. The number of aliphatic hydroxyl groups excluding tert-OH is 2. The van der Waals surface area contributed by atoms with Crippen molar-refractivity contribution >= 4 is 0 Å². The fourth-order valence-electron chi connectivity index (χ4n) is 1.73. The van der Waals surface area contributed by atoms with Gasteiger partial charge in [0.05, 0.1) is 12.2 Å². The maximum Gasteiger partial charge on any atom is 0.0662 e. The Bertz CT molecular complexity index is 133. The predicted octanol–water partition coefficient (Wildman–Crippen LogP) is 0.650. The predicted molar refractivity (Wildman–Crippen MR) is 52.6 cm³/mol. The summed E-state index contributed by atoms with van der Waals surface area (Å²) in [4.78, 5) is 0. The second-order valence-electron chi connectivity index (χ2n) is 3.98. The second kappa shape index (κ2) is 5.58. The Morgan fingerprint density at radius 1 is 1.31 bits per heavy atom. The number of hydrogen-bond acceptors (Lipinski definition) is 3. The van der Waals surface area contributed by atoms with Gasteiger partial charge in [-0.2, -0.15) is 0 Å². The van der Waals surface area contributed by atoms with E-state index in [1.54, 1.807) is 0 Å². The zero-order valence-electron chi connectivity index (χ0n) is 8.37. The highest BCUT2D eigenvalue weighted by molar-refractivity contribution is 4.77. The van der Waals surface area contributed by atoms with Gasteiger partial charge in [-0.25, -0.2) is 0 Å². The molecule has 3 heteroatoms. The third-order valence-electron chi connectivity index (χ3n) is 2.81. The lowest BCUT2D eigenvalue weighted by Gasteiger charge is -2.27. The lowest BCUT2D eigenvalue weighted by Crippen LogP contribution is -2.38. The smallest absolute Gasteiger partial charge is 0.0662 e. The summed E-state index contributed by atoms with van der Waals surface area (Å²) < 4.78 is 0. The SMILES string of the molecule is CCC(O)CNC1CCC(O)CC1. The maximum atomic E-state index is 9.33. The first-order chi connectivity index (χ1) is 6.22. The van der Waals surface area contributed by atoms with Crippen LogP contribution in [0.2, 0.25) is 0 Å². The Morgan fingerprint density at radius 2 is 1.92 bits per heavy atom. The van der Waals surface area contributed by atoms with Crippen molar-refractivity contribution in [1.29, 1.82) is 0 Å². The second-order valence-corrected chi connectivity index (χ2v) is 3.98. The van der Waals surface area contributed by atoms with Crippen LogP contribution in [0.25, 0.3) is 0 Å². The first-order valence-electron chi connectivity index (χ1n) is 5.32. The lowest BCUT2D eigenvalue weighted by atomic mass is 9.93. The molecular weight excluding hydrogens is 166 g/mol. The summed E-state index contributed by atoms with van der Waals surface area (Å²) in [5, 5.41) is 21.9. The molecule has 1 aliphatic rings. The largest absolute Gasteiger partial charge is 0.393 e. The molecule has 78 valence electrons. The summed E-state index contributed by atoms with van der Waals surface area (Å²) in [6.45, 7) is 2.67. The van der Waals surface area contributed by atoms with Gasteiger partial charge >= 0.3 is 0 Å². The summed E-state index contributed by atoms with van der Waals surface area (Å²) in [6, 6.07) is 0.504. The maximum absolute atomic E-state index is 9.33. The Morgan fingerprint density at radius 3 is 2.46 bits per heavy atom. The molecule has 1 aliphatic carbocycles. The molecule has 0 bridgehead atoms. The molecule has 0 amide bonds. The van der Waals surface area contributed by atoms with Gasteiger partial charge in [-0.15, -0.1) is 0 Å². The molecule has 1 fully saturated rings. The van der Waals surface area contributed by atoms with Crippen LogP contribution in [0, 0.1) is 0 Å². The summed E-state index contributed by atoms with van der Waals surface area (Å²) in [5.74, 6) is 0. The molecule has 0 spiro atoms. The minimum atomic E-state index is -0.216. The Hall–Kier alpha value is -0.120. The van der Waals surface area contributed by atoms with E-state index in [1.807, 2.05) is 6.92 Å². The average Bonchev–Trinajstić information content (AvgIpc) is 2.16. The Balaban J connectivity index is 2.08. The van der Waals surface area contributed by atoms with E-state index >= 15 is 0 Å². The van der Waals surface area contributed by atoms with Gasteiger partial charge in [0.15, 0.2) is 0 Å². The molecule has 13 heavy (non-hydrogen) atoms. The van der Waals surface area contributed by atoms with E-state index in [1.165, 1.54) is 0 Å². The highest BCUT2D eigenvalue weighted by Gasteiger charge is 2.18. The van der Waals surface area contributed by atoms with Crippen LogP contribution >= 0.6 is 0 Å². The van der Waals surface area contributed by atoms with E-state index in [0.717, 1.165) is 32.1 Å². The molecule has 0 heterocycles. The van der Waals surface area contributed by atoms with Crippen molar-refractivity contribution < 1.29 is 10.2 Å². The fourth-order valence-corrected chi connectivity index (χ4v) is 1.73. The van der Waals surface area contributed by atoms with Gasteiger partial charge < -0.3 is 15.5 Å². The van der Waals surface area contributed by atoms with E-state index in [4.69, 9.17) is 0 Å². The van der Waals surface area contributed by atoms with Gasteiger partial charge in [0, 0.05) is 12.6 Å². The summed E-state index contributed by atoms with van der Waals surface area (Å²) >= 11 is 0. The molecule has 3 nitrogen and oxygen atoms in total. The van der Waals surface area contributed by atoms with Crippen molar-refractivity contribution in [3.05, 3.63) is 0 Å². The standard InChI is InChI=1S/C10H21NO2/c1-2-9(12)7-11-8-3-5-10(13)6-4-8/h8-13H,2-7H2,1H3. The van der Waals surface area contributed by atoms with Crippen LogP contribution in [0.4, 0.5) is 0 Å². The van der Waals surface area contributed by atoms with E-state index in [9.17, 15) is 10.2 Å². The first kappa shape index (κ1) is 11.0. The first-order valence-corrected chi connectivity index (χ1v) is 5.32. The van der Waals surface area contributed by atoms with E-state index in [0.29, 0.717) is 12.6 Å². The molecule has 0 aromatic rings. The molecule has 0 radical (unpaired) electrons. The zero-order valence-corrected chi connectivity index (χ0v) is 8.37. The van der Waals surface area contributed by atoms with Crippen LogP contribution in [0.3, 0.4) is 0 Å². The Kier molecular flexibility index (Phi) is 4.70. The number of hydrogen-bond donors (Lipinski definition) is 3. The monoisotopic (exact) mass is 187 g/mol. The van der Waals surface area contributed by atoms with Crippen molar-refractivity contribution in [3.8, 4) is 0 Å². The third kappa shape index (κ3) is 4.07. The Labute approximate surface area is 80.2 Å². The van der Waals surface area contributed by atoms with Crippen LogP contribution < -0.4 is 5.32 Å². The minimum Gasteiger partial charge on any atom is -0.393 e. The fraction of sp³-hybridized carbons (Fsp3) is 1.00. The van der Waals surface area contributed by atoms with Crippen LogP contribution in [0.15, 0.2) is 0 Å². The quantitative estimate of drug-likeness (QED) is 0.605. The van der Waals surface area contributed by atoms with Gasteiger partial charge in [0.25, 0.3) is 0 Å². The van der Waals surface area contributed by atoms with E-state index < -0.39 is 0 Å². The summed E-state index contributed by atoms with van der Waals surface area (Å²) in [5.41, 5.74) is 0. The molecule has 0 aliphatic heterocycles.